The Balaban J connectivity index is 2.58. The highest BCUT2D eigenvalue weighted by Crippen LogP contribution is 2.08. The van der Waals surface area contributed by atoms with Crippen LogP contribution in [-0.2, 0) is 9.53 Å². The normalized spacial score (nSPS) is 12.2. The van der Waals surface area contributed by atoms with Gasteiger partial charge in [-0.15, -0.1) is 0 Å². The highest BCUT2D eigenvalue weighted by molar-refractivity contribution is 6.29. The summed E-state index contributed by atoms with van der Waals surface area (Å²) >= 11 is 5.61. The van der Waals surface area contributed by atoms with Crippen LogP contribution in [0.25, 0.3) is 0 Å². The number of halogens is 1. The Hall–Kier alpha value is -1.24. The molecule has 0 aliphatic carbocycles. The summed E-state index contributed by atoms with van der Waals surface area (Å²) < 4.78 is 4.74. The number of amides is 1. The molecular weight excluding hydrogens is 220 g/mol. The maximum absolute atomic E-state index is 11.4. The number of nitrogens with two attached hydrogens (primary N) is 1. The van der Waals surface area contributed by atoms with Crippen molar-refractivity contribution in [1.82, 2.24) is 9.97 Å². The van der Waals surface area contributed by atoms with Crippen LogP contribution in [0.1, 0.15) is 0 Å². The number of methoxy groups -OCH3 is 1. The van der Waals surface area contributed by atoms with E-state index in [9.17, 15) is 4.79 Å². The molecule has 15 heavy (non-hydrogen) atoms. The lowest BCUT2D eigenvalue weighted by atomic mass is 10.3. The number of nitrogens with zero attached hydrogens (tertiary/aromatic N) is 2. The molecule has 1 amide bonds. The molecule has 1 rings (SSSR count). The van der Waals surface area contributed by atoms with E-state index in [2.05, 4.69) is 15.3 Å². The van der Waals surface area contributed by atoms with E-state index >= 15 is 0 Å². The first-order chi connectivity index (χ1) is 7.13. The molecular formula is C8H11ClN4O2. The summed E-state index contributed by atoms with van der Waals surface area (Å²) in [5.74, 6) is -0.0711. The van der Waals surface area contributed by atoms with E-state index in [4.69, 9.17) is 22.1 Å². The second-order valence-electron chi connectivity index (χ2n) is 2.78. The first-order valence-corrected chi connectivity index (χ1v) is 4.54. The lowest BCUT2D eigenvalue weighted by Gasteiger charge is -2.10. The average molecular weight is 231 g/mol. The van der Waals surface area contributed by atoms with E-state index < -0.39 is 6.04 Å². The molecule has 0 spiro atoms. The summed E-state index contributed by atoms with van der Waals surface area (Å²) in [6, 6.07) is 0.697. The molecule has 0 bridgehead atoms. The second-order valence-corrected chi connectivity index (χ2v) is 3.16. The van der Waals surface area contributed by atoms with E-state index in [0.717, 1.165) is 0 Å². The van der Waals surface area contributed by atoms with Crippen molar-refractivity contribution in [3.05, 3.63) is 17.5 Å². The first kappa shape index (κ1) is 11.8. The molecule has 6 nitrogen and oxygen atoms in total. The van der Waals surface area contributed by atoms with Gasteiger partial charge in [-0.3, -0.25) is 4.79 Å². The average Bonchev–Trinajstić information content (AvgIpc) is 2.18. The van der Waals surface area contributed by atoms with E-state index in [1.54, 1.807) is 0 Å². The summed E-state index contributed by atoms with van der Waals surface area (Å²) in [4.78, 5) is 18.9. The van der Waals surface area contributed by atoms with Gasteiger partial charge in [0.1, 0.15) is 23.3 Å². The predicted molar refractivity (Wildman–Crippen MR) is 55.5 cm³/mol. The molecule has 0 aliphatic heterocycles. The maximum Gasteiger partial charge on any atom is 0.244 e. The van der Waals surface area contributed by atoms with E-state index in [1.165, 1.54) is 19.5 Å². The zero-order valence-corrected chi connectivity index (χ0v) is 8.86. The number of hydrogen-bond acceptors (Lipinski definition) is 5. The number of hydrogen-bond donors (Lipinski definition) is 2. The van der Waals surface area contributed by atoms with Gasteiger partial charge in [-0.2, -0.15) is 0 Å². The van der Waals surface area contributed by atoms with Crippen molar-refractivity contribution >= 4 is 23.3 Å². The molecule has 1 heterocycles. The van der Waals surface area contributed by atoms with Crippen LogP contribution in [0, 0.1) is 0 Å². The van der Waals surface area contributed by atoms with Crippen LogP contribution >= 0.6 is 11.6 Å². The molecule has 0 aromatic carbocycles. The third-order valence-corrected chi connectivity index (χ3v) is 1.77. The number of nitrogens with one attached hydrogen (secondary N) is 1. The van der Waals surface area contributed by atoms with E-state index in [-0.39, 0.29) is 17.7 Å². The van der Waals surface area contributed by atoms with Crippen molar-refractivity contribution in [3.63, 3.8) is 0 Å². The van der Waals surface area contributed by atoms with Crippen molar-refractivity contribution in [3.8, 4) is 0 Å². The molecule has 3 N–H and O–H groups in total. The number of anilines is 1. The smallest absolute Gasteiger partial charge is 0.244 e. The lowest BCUT2D eigenvalue weighted by molar-refractivity contribution is -0.118. The van der Waals surface area contributed by atoms with Crippen molar-refractivity contribution < 1.29 is 9.53 Å². The van der Waals surface area contributed by atoms with E-state index in [1.807, 2.05) is 0 Å². The number of carbonyl (C=O) groups is 1. The van der Waals surface area contributed by atoms with Crippen LogP contribution in [0.3, 0.4) is 0 Å². The number of aromatic nitrogens is 2. The second kappa shape index (κ2) is 5.59. The summed E-state index contributed by atoms with van der Waals surface area (Å²) in [5, 5.41) is 2.74. The molecule has 1 atom stereocenters. The zero-order valence-electron chi connectivity index (χ0n) is 8.11. The molecule has 0 fully saturated rings. The Morgan fingerprint density at radius 2 is 2.47 bits per heavy atom. The summed E-state index contributed by atoms with van der Waals surface area (Å²) in [6.45, 7) is 0.144. The summed E-state index contributed by atoms with van der Waals surface area (Å²) in [6.07, 6.45) is 1.25. The monoisotopic (exact) mass is 230 g/mol. The third kappa shape index (κ3) is 3.78. The minimum atomic E-state index is -0.733. The van der Waals surface area contributed by atoms with Gasteiger partial charge in [0, 0.05) is 13.2 Å². The Bertz CT molecular complexity index is 347. The van der Waals surface area contributed by atoms with Crippen molar-refractivity contribution in [2.45, 2.75) is 6.04 Å². The molecule has 0 aliphatic rings. The Labute approximate surface area is 91.8 Å². The van der Waals surface area contributed by atoms with Gasteiger partial charge in [-0.25, -0.2) is 9.97 Å². The fourth-order valence-corrected chi connectivity index (χ4v) is 1.02. The minimum Gasteiger partial charge on any atom is -0.383 e. The zero-order chi connectivity index (χ0) is 11.3. The van der Waals surface area contributed by atoms with Crippen molar-refractivity contribution in [2.75, 3.05) is 19.0 Å². The Kier molecular flexibility index (Phi) is 4.41. The third-order valence-electron chi connectivity index (χ3n) is 1.57. The molecule has 1 aromatic rings. The lowest BCUT2D eigenvalue weighted by Crippen LogP contribution is -2.39. The molecule has 7 heteroatoms. The molecule has 1 aromatic heterocycles. The van der Waals surface area contributed by atoms with Crippen LogP contribution < -0.4 is 11.1 Å². The maximum atomic E-state index is 11.4. The van der Waals surface area contributed by atoms with Crippen LogP contribution in [0.2, 0.25) is 5.15 Å². The number of carbonyl (C=O) groups excluding carboxylic acids is 1. The van der Waals surface area contributed by atoms with Crippen molar-refractivity contribution in [1.29, 1.82) is 0 Å². The quantitative estimate of drug-likeness (QED) is 0.713. The van der Waals surface area contributed by atoms with Gasteiger partial charge in [-0.1, -0.05) is 11.6 Å². The molecule has 0 saturated heterocycles. The van der Waals surface area contributed by atoms with Gasteiger partial charge in [0.05, 0.1) is 6.61 Å². The van der Waals surface area contributed by atoms with Gasteiger partial charge in [0.15, 0.2) is 0 Å². The first-order valence-electron chi connectivity index (χ1n) is 4.16. The number of rotatable bonds is 4. The van der Waals surface area contributed by atoms with Gasteiger partial charge in [-0.05, 0) is 0 Å². The Morgan fingerprint density at radius 1 is 1.73 bits per heavy atom. The molecule has 0 radical (unpaired) electrons. The topological polar surface area (TPSA) is 90.1 Å². The van der Waals surface area contributed by atoms with Crippen LogP contribution in [0.5, 0.6) is 0 Å². The Morgan fingerprint density at radius 3 is 3.07 bits per heavy atom. The largest absolute Gasteiger partial charge is 0.383 e. The SMILES string of the molecule is COCC(N)C(=O)Nc1cc(Cl)ncn1. The van der Waals surface area contributed by atoms with Crippen LogP contribution in [-0.4, -0.2) is 35.6 Å². The van der Waals surface area contributed by atoms with Crippen LogP contribution in [0.15, 0.2) is 12.4 Å². The van der Waals surface area contributed by atoms with Gasteiger partial charge in [0.2, 0.25) is 5.91 Å². The fraction of sp³-hybridized carbons (Fsp3) is 0.375. The highest BCUT2D eigenvalue weighted by atomic mass is 35.5. The summed E-state index contributed by atoms with van der Waals surface area (Å²) in [5.41, 5.74) is 5.50. The van der Waals surface area contributed by atoms with Gasteiger partial charge in [0.25, 0.3) is 0 Å². The standard InChI is InChI=1S/C8H11ClN4O2/c1-15-3-5(10)8(14)13-7-2-6(9)11-4-12-7/h2,4-5H,3,10H2,1H3,(H,11,12,13,14). The highest BCUT2D eigenvalue weighted by Gasteiger charge is 2.13. The molecule has 82 valence electrons. The summed E-state index contributed by atoms with van der Waals surface area (Å²) in [7, 11) is 1.47. The van der Waals surface area contributed by atoms with Gasteiger partial charge >= 0.3 is 0 Å². The minimum absolute atomic E-state index is 0.144. The predicted octanol–water partition coefficient (Wildman–Crippen LogP) is 0.0422. The fourth-order valence-electron chi connectivity index (χ4n) is 0.876. The van der Waals surface area contributed by atoms with Crippen molar-refractivity contribution in [2.24, 2.45) is 5.73 Å². The van der Waals surface area contributed by atoms with Gasteiger partial charge < -0.3 is 15.8 Å². The molecule has 0 saturated carbocycles. The molecule has 1 unspecified atom stereocenters. The van der Waals surface area contributed by atoms with E-state index in [0.29, 0.717) is 5.82 Å². The number of ether oxygens (including phenoxy) is 1. The van der Waals surface area contributed by atoms with Crippen LogP contribution in [0.4, 0.5) is 5.82 Å².